The minimum Gasteiger partial charge on any atom is -0.361 e. The molecule has 0 atom stereocenters. The van der Waals surface area contributed by atoms with Crippen LogP contribution in [-0.2, 0) is 13.0 Å². The Balaban J connectivity index is 0.00000243. The first kappa shape index (κ1) is 20.2. The summed E-state index contributed by atoms with van der Waals surface area (Å²) in [5, 5.41) is 7.82. The van der Waals surface area contributed by atoms with Gasteiger partial charge in [-0.1, -0.05) is 30.3 Å². The van der Waals surface area contributed by atoms with Crippen molar-refractivity contribution in [2.45, 2.75) is 19.9 Å². The summed E-state index contributed by atoms with van der Waals surface area (Å²) >= 11 is 0. The molecule has 0 aliphatic heterocycles. The fourth-order valence-electron chi connectivity index (χ4n) is 2.80. The van der Waals surface area contributed by atoms with Crippen molar-refractivity contribution in [1.82, 2.24) is 15.6 Å². The van der Waals surface area contributed by atoms with E-state index >= 15 is 0 Å². The predicted molar refractivity (Wildman–Crippen MR) is 117 cm³/mol. The van der Waals surface area contributed by atoms with E-state index in [9.17, 15) is 4.39 Å². The predicted octanol–water partition coefficient (Wildman–Crippen LogP) is 4.22. The Morgan fingerprint density at radius 2 is 1.96 bits per heavy atom. The van der Waals surface area contributed by atoms with Gasteiger partial charge in [0.05, 0.1) is 6.54 Å². The molecule has 0 saturated carbocycles. The van der Waals surface area contributed by atoms with Gasteiger partial charge in [0, 0.05) is 30.2 Å². The van der Waals surface area contributed by atoms with Gasteiger partial charge in [-0.2, -0.15) is 0 Å². The van der Waals surface area contributed by atoms with E-state index in [1.807, 2.05) is 19.1 Å². The Bertz CT molecular complexity index is 860. The summed E-state index contributed by atoms with van der Waals surface area (Å²) in [5.74, 6) is 0.511. The molecule has 0 saturated heterocycles. The molecule has 0 fully saturated rings. The van der Waals surface area contributed by atoms with Crippen LogP contribution < -0.4 is 10.6 Å². The number of aliphatic imine (C=N–C) groups is 1. The number of fused-ring (bicyclic) bond motifs is 1. The quantitative estimate of drug-likeness (QED) is 0.290. The molecular weight excluding hydrogens is 442 g/mol. The highest BCUT2D eigenvalue weighted by Crippen LogP contribution is 2.17. The SMILES string of the molecule is CCNC(=NCc1cccc(F)c1)NCCc1c[nH]c2ccccc12.I. The largest absolute Gasteiger partial charge is 0.361 e. The number of halogens is 2. The second-order valence-corrected chi connectivity index (χ2v) is 5.86. The lowest BCUT2D eigenvalue weighted by Crippen LogP contribution is -2.38. The summed E-state index contributed by atoms with van der Waals surface area (Å²) in [6.07, 6.45) is 2.96. The van der Waals surface area contributed by atoms with Gasteiger partial charge in [-0.05, 0) is 42.7 Å². The van der Waals surface area contributed by atoms with Crippen molar-refractivity contribution in [2.75, 3.05) is 13.1 Å². The van der Waals surface area contributed by atoms with Crippen LogP contribution in [-0.4, -0.2) is 24.0 Å². The average Bonchev–Trinajstić information content (AvgIpc) is 3.03. The van der Waals surface area contributed by atoms with Gasteiger partial charge in [-0.15, -0.1) is 24.0 Å². The number of nitrogens with one attached hydrogen (secondary N) is 3. The van der Waals surface area contributed by atoms with Gasteiger partial charge >= 0.3 is 0 Å². The number of para-hydroxylation sites is 1. The van der Waals surface area contributed by atoms with Crippen molar-refractivity contribution >= 4 is 40.8 Å². The minimum atomic E-state index is -0.231. The number of nitrogens with zero attached hydrogens (tertiary/aromatic N) is 1. The van der Waals surface area contributed by atoms with Crippen LogP contribution in [0.4, 0.5) is 4.39 Å². The molecule has 1 aromatic heterocycles. The van der Waals surface area contributed by atoms with Crippen molar-refractivity contribution in [3.05, 3.63) is 71.7 Å². The molecule has 0 amide bonds. The van der Waals surface area contributed by atoms with Crippen molar-refractivity contribution in [3.8, 4) is 0 Å². The van der Waals surface area contributed by atoms with Crippen LogP contribution in [0.25, 0.3) is 10.9 Å². The molecule has 0 bridgehead atoms. The van der Waals surface area contributed by atoms with Crippen LogP contribution in [0.5, 0.6) is 0 Å². The number of guanidine groups is 1. The van der Waals surface area contributed by atoms with E-state index in [-0.39, 0.29) is 29.8 Å². The lowest BCUT2D eigenvalue weighted by Gasteiger charge is -2.11. The Labute approximate surface area is 170 Å². The molecule has 3 aromatic rings. The zero-order chi connectivity index (χ0) is 17.5. The third-order valence-electron chi connectivity index (χ3n) is 4.01. The highest BCUT2D eigenvalue weighted by atomic mass is 127. The van der Waals surface area contributed by atoms with Crippen LogP contribution in [0.15, 0.2) is 59.7 Å². The summed E-state index contributed by atoms with van der Waals surface area (Å²) in [5.41, 5.74) is 3.29. The number of aromatic nitrogens is 1. The third-order valence-corrected chi connectivity index (χ3v) is 4.01. The van der Waals surface area contributed by atoms with Crippen molar-refractivity contribution in [2.24, 2.45) is 4.99 Å². The smallest absolute Gasteiger partial charge is 0.191 e. The van der Waals surface area contributed by atoms with E-state index in [1.54, 1.807) is 6.07 Å². The number of aromatic amines is 1. The minimum absolute atomic E-state index is 0. The van der Waals surface area contributed by atoms with Crippen LogP contribution in [0, 0.1) is 5.82 Å². The fourth-order valence-corrected chi connectivity index (χ4v) is 2.80. The van der Waals surface area contributed by atoms with Crippen LogP contribution in [0.1, 0.15) is 18.1 Å². The standard InChI is InChI=1S/C20H23FN4.HI/c1-2-22-20(25-13-15-6-5-7-17(21)12-15)23-11-10-16-14-24-19-9-4-3-8-18(16)19;/h3-9,12,14,24H,2,10-11,13H2,1H3,(H2,22,23,25);1H. The molecule has 0 spiro atoms. The van der Waals surface area contributed by atoms with E-state index in [2.05, 4.69) is 45.0 Å². The summed E-state index contributed by atoms with van der Waals surface area (Å²) in [6.45, 7) is 4.03. The normalized spacial score (nSPS) is 11.2. The first-order valence-corrected chi connectivity index (χ1v) is 8.58. The van der Waals surface area contributed by atoms with Crippen LogP contribution in [0.3, 0.4) is 0 Å². The zero-order valence-corrected chi connectivity index (χ0v) is 17.1. The molecule has 26 heavy (non-hydrogen) atoms. The van der Waals surface area contributed by atoms with Crippen molar-refractivity contribution < 1.29 is 4.39 Å². The van der Waals surface area contributed by atoms with E-state index < -0.39 is 0 Å². The Morgan fingerprint density at radius 3 is 2.77 bits per heavy atom. The van der Waals surface area contributed by atoms with Gasteiger partial charge in [0.15, 0.2) is 5.96 Å². The Morgan fingerprint density at radius 1 is 1.12 bits per heavy atom. The van der Waals surface area contributed by atoms with Crippen LogP contribution in [0.2, 0.25) is 0 Å². The molecule has 3 N–H and O–H groups in total. The molecule has 4 nitrogen and oxygen atoms in total. The monoisotopic (exact) mass is 466 g/mol. The molecule has 0 aliphatic rings. The fraction of sp³-hybridized carbons (Fsp3) is 0.250. The highest BCUT2D eigenvalue weighted by Gasteiger charge is 2.03. The van der Waals surface area contributed by atoms with E-state index in [0.29, 0.717) is 6.54 Å². The van der Waals surface area contributed by atoms with E-state index in [1.165, 1.54) is 23.1 Å². The summed E-state index contributed by atoms with van der Waals surface area (Å²) in [4.78, 5) is 7.82. The Hall–Kier alpha value is -2.09. The van der Waals surface area contributed by atoms with Crippen molar-refractivity contribution in [3.63, 3.8) is 0 Å². The second kappa shape index (κ2) is 10.2. The number of hydrogen-bond donors (Lipinski definition) is 3. The molecule has 3 rings (SSSR count). The average molecular weight is 466 g/mol. The topological polar surface area (TPSA) is 52.2 Å². The number of hydrogen-bond acceptors (Lipinski definition) is 1. The molecule has 6 heteroatoms. The number of H-pyrrole nitrogens is 1. The van der Waals surface area contributed by atoms with E-state index in [4.69, 9.17) is 0 Å². The van der Waals surface area contributed by atoms with Crippen LogP contribution >= 0.6 is 24.0 Å². The second-order valence-electron chi connectivity index (χ2n) is 5.86. The number of benzene rings is 2. The Kier molecular flexibility index (Phi) is 7.90. The lowest BCUT2D eigenvalue weighted by molar-refractivity contribution is 0.625. The maximum absolute atomic E-state index is 13.2. The van der Waals surface area contributed by atoms with Gasteiger partial charge in [-0.25, -0.2) is 9.38 Å². The summed E-state index contributed by atoms with van der Waals surface area (Å²) in [7, 11) is 0. The third kappa shape index (κ3) is 5.45. The van der Waals surface area contributed by atoms with E-state index in [0.717, 1.165) is 36.6 Å². The maximum Gasteiger partial charge on any atom is 0.191 e. The molecule has 0 radical (unpaired) electrons. The summed E-state index contributed by atoms with van der Waals surface area (Å²) < 4.78 is 13.2. The van der Waals surface area contributed by atoms with Gasteiger partial charge < -0.3 is 15.6 Å². The highest BCUT2D eigenvalue weighted by molar-refractivity contribution is 14.0. The van der Waals surface area contributed by atoms with Crippen molar-refractivity contribution in [1.29, 1.82) is 0 Å². The summed E-state index contributed by atoms with van der Waals surface area (Å²) in [6, 6.07) is 14.8. The molecular formula is C20H24FIN4. The first-order valence-electron chi connectivity index (χ1n) is 8.58. The van der Waals surface area contributed by atoms with Gasteiger partial charge in [0.25, 0.3) is 0 Å². The molecule has 0 unspecified atom stereocenters. The van der Waals surface area contributed by atoms with Gasteiger partial charge in [-0.3, -0.25) is 0 Å². The molecule has 0 aliphatic carbocycles. The molecule has 2 aromatic carbocycles. The molecule has 138 valence electrons. The van der Waals surface area contributed by atoms with Gasteiger partial charge in [0.1, 0.15) is 5.82 Å². The molecule has 1 heterocycles. The zero-order valence-electron chi connectivity index (χ0n) is 14.8. The maximum atomic E-state index is 13.2. The number of rotatable bonds is 6. The lowest BCUT2D eigenvalue weighted by atomic mass is 10.1. The van der Waals surface area contributed by atoms with Gasteiger partial charge in [0.2, 0.25) is 0 Å². The first-order chi connectivity index (χ1) is 12.3.